The first-order valence-electron chi connectivity index (χ1n) is 1.52. The summed E-state index contributed by atoms with van der Waals surface area (Å²) in [5, 5.41) is 7.88. The molecule has 0 rings (SSSR count). The average molecular weight is 68.0 g/mol. The zero-order chi connectivity index (χ0) is 3.41. The minimum atomic E-state index is 0. The molecule has 0 saturated heterocycles. The Labute approximate surface area is 46.0 Å². The summed E-state index contributed by atoms with van der Waals surface area (Å²) < 4.78 is 0. The summed E-state index contributed by atoms with van der Waals surface area (Å²) in [5.41, 5.74) is 0. The van der Waals surface area contributed by atoms with Gasteiger partial charge in [-0.2, -0.15) is 0 Å². The van der Waals surface area contributed by atoms with E-state index in [-0.39, 0.29) is 20.3 Å². The number of rotatable bonds is 1. The average Bonchev–Trinajstić information content (AvgIpc) is 1.37. The van der Waals surface area contributed by atoms with Crippen molar-refractivity contribution in [1.29, 1.82) is 0 Å². The molecular formula is C3H9LiO. The van der Waals surface area contributed by atoms with Crippen LogP contribution in [0.25, 0.3) is 0 Å². The Hall–Kier alpha value is 0.557. The van der Waals surface area contributed by atoms with Crippen molar-refractivity contribution in [2.24, 2.45) is 0 Å². The second-order valence-corrected chi connectivity index (χ2v) is 0.724. The maximum Gasteiger partial charge on any atom is 1.00 e. The molecule has 0 aliphatic rings. The Morgan fingerprint density at radius 1 is 1.80 bits per heavy atom. The number of aliphatic hydroxyl groups excluding tert-OH is 1. The molecule has 0 fully saturated rings. The monoisotopic (exact) mass is 68.1 g/mol. The van der Waals surface area contributed by atoms with Crippen LogP contribution in [0.4, 0.5) is 0 Å². The van der Waals surface area contributed by atoms with Crippen LogP contribution in [0.1, 0.15) is 14.8 Å². The van der Waals surface area contributed by atoms with Crippen LogP contribution in [0.2, 0.25) is 0 Å². The van der Waals surface area contributed by atoms with Gasteiger partial charge in [0.15, 0.2) is 0 Å². The smallest absolute Gasteiger partial charge is 1.00 e. The Morgan fingerprint density at radius 3 is 2.00 bits per heavy atom. The molecule has 0 amide bonds. The molecule has 0 aromatic heterocycles. The second-order valence-electron chi connectivity index (χ2n) is 0.724. The number of aliphatic hydroxyl groups is 1. The van der Waals surface area contributed by atoms with Crippen molar-refractivity contribution in [3.05, 3.63) is 0 Å². The van der Waals surface area contributed by atoms with Gasteiger partial charge in [0.1, 0.15) is 0 Å². The quantitative estimate of drug-likeness (QED) is 0.337. The van der Waals surface area contributed by atoms with Crippen LogP contribution in [0.5, 0.6) is 0 Å². The van der Waals surface area contributed by atoms with E-state index in [4.69, 9.17) is 5.11 Å². The summed E-state index contributed by atoms with van der Waals surface area (Å²) in [4.78, 5) is 0. The minimum absolute atomic E-state index is 0. The predicted octanol–water partition coefficient (Wildman–Crippen LogP) is -2.49. The van der Waals surface area contributed by atoms with Gasteiger partial charge in [0, 0.05) is 6.61 Å². The van der Waals surface area contributed by atoms with E-state index >= 15 is 0 Å². The zero-order valence-electron chi connectivity index (χ0n) is 4.86. The van der Waals surface area contributed by atoms with Crippen LogP contribution in [-0.4, -0.2) is 11.7 Å². The van der Waals surface area contributed by atoms with Gasteiger partial charge in [0.05, 0.1) is 0 Å². The molecule has 1 N–H and O–H groups in total. The van der Waals surface area contributed by atoms with Crippen molar-refractivity contribution in [2.75, 3.05) is 6.61 Å². The molecule has 0 bridgehead atoms. The van der Waals surface area contributed by atoms with Gasteiger partial charge in [-0.25, -0.2) is 0 Å². The van der Waals surface area contributed by atoms with Gasteiger partial charge in [-0.15, -0.1) is 0 Å². The van der Waals surface area contributed by atoms with Crippen molar-refractivity contribution in [2.45, 2.75) is 13.3 Å². The molecule has 0 atom stereocenters. The van der Waals surface area contributed by atoms with Crippen LogP contribution < -0.4 is 18.9 Å². The Balaban J connectivity index is -0.0000000450. The van der Waals surface area contributed by atoms with E-state index in [0.717, 1.165) is 6.42 Å². The summed E-state index contributed by atoms with van der Waals surface area (Å²) in [6, 6.07) is 0. The molecule has 0 aromatic carbocycles. The Morgan fingerprint density at radius 2 is 2.00 bits per heavy atom. The van der Waals surface area contributed by atoms with Crippen molar-refractivity contribution in [3.8, 4) is 0 Å². The SMILES string of the molecule is CCCO.[H-].[Li+]. The van der Waals surface area contributed by atoms with Gasteiger partial charge >= 0.3 is 18.9 Å². The fraction of sp³-hybridized carbons (Fsp3) is 1.00. The Bertz CT molecular complexity index is 12.8. The maximum absolute atomic E-state index is 7.88. The minimum Gasteiger partial charge on any atom is -1.00 e. The van der Waals surface area contributed by atoms with E-state index in [0.29, 0.717) is 6.61 Å². The van der Waals surface area contributed by atoms with Crippen molar-refractivity contribution in [1.82, 2.24) is 0 Å². The van der Waals surface area contributed by atoms with E-state index in [1.807, 2.05) is 6.92 Å². The van der Waals surface area contributed by atoms with Gasteiger partial charge in [-0.05, 0) is 6.42 Å². The van der Waals surface area contributed by atoms with E-state index < -0.39 is 0 Å². The first kappa shape index (κ1) is 9.12. The summed E-state index contributed by atoms with van der Waals surface area (Å²) in [6.45, 7) is 2.25. The van der Waals surface area contributed by atoms with Crippen LogP contribution in [0.3, 0.4) is 0 Å². The third-order valence-corrected chi connectivity index (χ3v) is 0.224. The van der Waals surface area contributed by atoms with Crippen LogP contribution >= 0.6 is 0 Å². The summed E-state index contributed by atoms with van der Waals surface area (Å²) in [6.07, 6.45) is 0.875. The molecule has 0 unspecified atom stereocenters. The molecule has 0 saturated carbocycles. The van der Waals surface area contributed by atoms with Crippen LogP contribution in [0.15, 0.2) is 0 Å². The zero-order valence-corrected chi connectivity index (χ0v) is 3.86. The van der Waals surface area contributed by atoms with E-state index in [2.05, 4.69) is 0 Å². The summed E-state index contributed by atoms with van der Waals surface area (Å²) >= 11 is 0. The number of hydrogen-bond acceptors (Lipinski definition) is 1. The molecule has 2 heteroatoms. The third kappa shape index (κ3) is 12.3. The molecule has 28 valence electrons. The Kier molecular flexibility index (Phi) is 16.1. The molecule has 0 aromatic rings. The normalized spacial score (nSPS) is 6.00. The van der Waals surface area contributed by atoms with Gasteiger partial charge < -0.3 is 6.53 Å². The largest absolute Gasteiger partial charge is 1.00 e. The summed E-state index contributed by atoms with van der Waals surface area (Å²) in [5.74, 6) is 0. The van der Waals surface area contributed by atoms with Crippen LogP contribution in [-0.2, 0) is 0 Å². The standard InChI is InChI=1S/C3H8O.Li.H/c1-2-3-4;;/h4H,2-3H2,1H3;;/q;+1;-1. The fourth-order valence-electron chi connectivity index (χ4n) is 0. The molecular weight excluding hydrogens is 59.0 g/mol. The third-order valence-electron chi connectivity index (χ3n) is 0.224. The predicted molar refractivity (Wildman–Crippen MR) is 18.5 cm³/mol. The molecule has 5 heavy (non-hydrogen) atoms. The molecule has 0 aliphatic carbocycles. The number of hydrogen-bond donors (Lipinski definition) is 1. The first-order chi connectivity index (χ1) is 1.91. The van der Waals surface area contributed by atoms with Gasteiger partial charge in [-0.1, -0.05) is 6.92 Å². The van der Waals surface area contributed by atoms with Crippen molar-refractivity contribution in [3.63, 3.8) is 0 Å². The van der Waals surface area contributed by atoms with Gasteiger partial charge in [-0.3, -0.25) is 0 Å². The van der Waals surface area contributed by atoms with Gasteiger partial charge in [0.25, 0.3) is 0 Å². The van der Waals surface area contributed by atoms with Crippen LogP contribution in [0, 0.1) is 0 Å². The maximum atomic E-state index is 7.88. The molecule has 0 heterocycles. The van der Waals surface area contributed by atoms with E-state index in [1.165, 1.54) is 0 Å². The fourth-order valence-corrected chi connectivity index (χ4v) is 0. The second kappa shape index (κ2) is 8.82. The molecule has 0 aliphatic heterocycles. The van der Waals surface area contributed by atoms with Crippen molar-refractivity contribution >= 4 is 0 Å². The molecule has 1 nitrogen and oxygen atoms in total. The first-order valence-corrected chi connectivity index (χ1v) is 1.52. The molecule has 0 radical (unpaired) electrons. The van der Waals surface area contributed by atoms with Crippen molar-refractivity contribution < 1.29 is 25.4 Å². The van der Waals surface area contributed by atoms with E-state index in [9.17, 15) is 0 Å². The molecule has 0 spiro atoms. The summed E-state index contributed by atoms with van der Waals surface area (Å²) in [7, 11) is 0. The van der Waals surface area contributed by atoms with E-state index in [1.54, 1.807) is 0 Å². The topological polar surface area (TPSA) is 20.2 Å². The van der Waals surface area contributed by atoms with Gasteiger partial charge in [0.2, 0.25) is 0 Å².